The van der Waals surface area contributed by atoms with Gasteiger partial charge < -0.3 is 15.6 Å². The number of nitrogens with one attached hydrogen (secondary N) is 1. The van der Waals surface area contributed by atoms with Crippen LogP contribution in [-0.4, -0.2) is 15.1 Å². The Labute approximate surface area is 159 Å². The predicted octanol–water partition coefficient (Wildman–Crippen LogP) is 4.33. The molecule has 0 saturated carbocycles. The number of nitrogens with two attached hydrogens (primary N) is 1. The number of anilines is 3. The molecule has 0 saturated heterocycles. The molecule has 0 unspecified atom stereocenters. The van der Waals surface area contributed by atoms with E-state index in [1.807, 2.05) is 6.07 Å². The molecule has 28 heavy (non-hydrogen) atoms. The topological polar surface area (TPSA) is 89.9 Å². The monoisotopic (exact) mass is 379 g/mol. The Morgan fingerprint density at radius 3 is 2.71 bits per heavy atom. The van der Waals surface area contributed by atoms with Crippen molar-refractivity contribution in [3.63, 3.8) is 0 Å². The summed E-state index contributed by atoms with van der Waals surface area (Å²) >= 11 is 0. The smallest absolute Gasteiger partial charge is 0.170 e. The first-order valence-electron chi connectivity index (χ1n) is 8.42. The van der Waals surface area contributed by atoms with Crippen LogP contribution in [-0.2, 0) is 6.42 Å². The van der Waals surface area contributed by atoms with Crippen molar-refractivity contribution in [1.29, 1.82) is 0 Å². The second-order valence-electron chi connectivity index (χ2n) is 6.10. The van der Waals surface area contributed by atoms with Crippen molar-refractivity contribution < 1.29 is 13.3 Å². The third-order valence-corrected chi connectivity index (χ3v) is 4.06. The van der Waals surface area contributed by atoms with Gasteiger partial charge in [0.25, 0.3) is 0 Å². The van der Waals surface area contributed by atoms with Gasteiger partial charge in [-0.05, 0) is 35.9 Å². The minimum absolute atomic E-state index is 0.0236. The number of hydrogen-bond donors (Lipinski definition) is 2. The molecule has 140 valence electrons. The van der Waals surface area contributed by atoms with Crippen molar-refractivity contribution in [3.05, 3.63) is 83.8 Å². The van der Waals surface area contributed by atoms with Gasteiger partial charge in [-0.3, -0.25) is 0 Å². The molecule has 3 aromatic heterocycles. The fourth-order valence-electron chi connectivity index (χ4n) is 2.69. The lowest BCUT2D eigenvalue weighted by Gasteiger charge is -2.07. The number of nitrogens with zero attached hydrogens (tertiary/aromatic N) is 3. The van der Waals surface area contributed by atoms with Crippen LogP contribution in [0.4, 0.5) is 26.1 Å². The molecule has 0 bridgehead atoms. The number of nitrogen functional groups attached to an aromatic ring is 1. The Bertz CT molecular complexity index is 1110. The minimum atomic E-state index is -0.558. The molecule has 3 heterocycles. The first kappa shape index (κ1) is 17.6. The zero-order chi connectivity index (χ0) is 19.5. The highest BCUT2D eigenvalue weighted by Gasteiger charge is 2.11. The quantitative estimate of drug-likeness (QED) is 0.537. The number of rotatable bonds is 5. The highest BCUT2D eigenvalue weighted by atomic mass is 19.1. The van der Waals surface area contributed by atoms with Crippen molar-refractivity contribution in [3.8, 4) is 11.3 Å². The van der Waals surface area contributed by atoms with Crippen LogP contribution in [0.1, 0.15) is 11.3 Å². The van der Waals surface area contributed by atoms with E-state index in [2.05, 4.69) is 20.4 Å². The summed E-state index contributed by atoms with van der Waals surface area (Å²) < 4.78 is 32.3. The summed E-state index contributed by atoms with van der Waals surface area (Å²) in [5, 5.41) is 6.80. The number of hydrogen-bond acceptors (Lipinski definition) is 6. The van der Waals surface area contributed by atoms with Crippen LogP contribution in [0.15, 0.2) is 65.4 Å². The zero-order valence-corrected chi connectivity index (χ0v) is 14.6. The Hall–Kier alpha value is -3.81. The first-order valence-corrected chi connectivity index (χ1v) is 8.42. The fraction of sp³-hybridized carbons (Fsp3) is 0.0500. The van der Waals surface area contributed by atoms with Gasteiger partial charge >= 0.3 is 0 Å². The molecular formula is C20H15F2N5O. The summed E-state index contributed by atoms with van der Waals surface area (Å²) in [6.07, 6.45) is 3.73. The standard InChI is InChI=1S/C20H15F2N5O/c21-13-4-5-16(22)17(9-13)26-19-6-3-12(11-25-19)8-14-10-18(28-27-14)15-2-1-7-24-20(15)23/h1-7,9-11H,8H2,(H2,23,24)(H,25,26). The van der Waals surface area contributed by atoms with Gasteiger partial charge in [0.05, 0.1) is 16.9 Å². The van der Waals surface area contributed by atoms with Gasteiger partial charge in [0, 0.05) is 30.9 Å². The van der Waals surface area contributed by atoms with E-state index in [-0.39, 0.29) is 5.69 Å². The molecule has 6 nitrogen and oxygen atoms in total. The molecule has 1 aromatic carbocycles. The lowest BCUT2D eigenvalue weighted by molar-refractivity contribution is 0.425. The van der Waals surface area contributed by atoms with Gasteiger partial charge in [-0.25, -0.2) is 18.7 Å². The van der Waals surface area contributed by atoms with Crippen molar-refractivity contribution in [2.75, 3.05) is 11.1 Å². The molecule has 3 N–H and O–H groups in total. The molecule has 0 fully saturated rings. The molecule has 0 amide bonds. The minimum Gasteiger partial charge on any atom is -0.383 e. The van der Waals surface area contributed by atoms with Crippen LogP contribution < -0.4 is 11.1 Å². The van der Waals surface area contributed by atoms with Gasteiger partial charge in [0.15, 0.2) is 5.76 Å². The Balaban J connectivity index is 1.47. The summed E-state index contributed by atoms with van der Waals surface area (Å²) in [7, 11) is 0. The molecule has 4 aromatic rings. The van der Waals surface area contributed by atoms with Crippen LogP contribution in [0.5, 0.6) is 0 Å². The first-order chi connectivity index (χ1) is 13.6. The van der Waals surface area contributed by atoms with E-state index in [0.717, 1.165) is 23.8 Å². The van der Waals surface area contributed by atoms with Crippen molar-refractivity contribution >= 4 is 17.3 Å². The van der Waals surface area contributed by atoms with Gasteiger partial charge in [0.2, 0.25) is 0 Å². The maximum atomic E-state index is 13.7. The van der Waals surface area contributed by atoms with Crippen LogP contribution in [0.2, 0.25) is 0 Å². The van der Waals surface area contributed by atoms with Gasteiger partial charge in [-0.1, -0.05) is 11.2 Å². The third kappa shape index (κ3) is 3.80. The molecule has 0 spiro atoms. The SMILES string of the molecule is Nc1ncccc1-c1cc(Cc2ccc(Nc3cc(F)ccc3F)nc2)no1. The van der Waals surface area contributed by atoms with Crippen LogP contribution in [0.3, 0.4) is 0 Å². The fourth-order valence-corrected chi connectivity index (χ4v) is 2.69. The summed E-state index contributed by atoms with van der Waals surface area (Å²) in [6, 6.07) is 12.1. The van der Waals surface area contributed by atoms with E-state index in [0.29, 0.717) is 35.1 Å². The van der Waals surface area contributed by atoms with E-state index in [4.69, 9.17) is 10.3 Å². The van der Waals surface area contributed by atoms with Crippen molar-refractivity contribution in [1.82, 2.24) is 15.1 Å². The molecule has 0 radical (unpaired) electrons. The molecule has 0 aliphatic heterocycles. The van der Waals surface area contributed by atoms with Gasteiger partial charge in [-0.2, -0.15) is 0 Å². The zero-order valence-electron chi connectivity index (χ0n) is 14.6. The second kappa shape index (κ2) is 7.43. The average molecular weight is 379 g/mol. The van der Waals surface area contributed by atoms with Gasteiger partial charge in [0.1, 0.15) is 23.3 Å². The predicted molar refractivity (Wildman–Crippen MR) is 101 cm³/mol. The summed E-state index contributed by atoms with van der Waals surface area (Å²) in [6.45, 7) is 0. The normalized spacial score (nSPS) is 10.8. The van der Waals surface area contributed by atoms with Crippen LogP contribution in [0, 0.1) is 11.6 Å². The Morgan fingerprint density at radius 2 is 1.93 bits per heavy atom. The Morgan fingerprint density at radius 1 is 1.04 bits per heavy atom. The number of aromatic nitrogens is 3. The molecule has 0 aliphatic carbocycles. The number of pyridine rings is 2. The summed E-state index contributed by atoms with van der Waals surface area (Å²) in [5.41, 5.74) is 8.13. The van der Waals surface area contributed by atoms with E-state index in [1.54, 1.807) is 36.7 Å². The summed E-state index contributed by atoms with van der Waals surface area (Å²) in [5.74, 6) is 0.214. The lowest BCUT2D eigenvalue weighted by atomic mass is 10.1. The Kier molecular flexibility index (Phi) is 4.67. The highest BCUT2D eigenvalue weighted by Crippen LogP contribution is 2.25. The molecule has 8 heteroatoms. The maximum Gasteiger partial charge on any atom is 0.170 e. The summed E-state index contributed by atoms with van der Waals surface area (Å²) in [4.78, 5) is 8.26. The lowest BCUT2D eigenvalue weighted by Crippen LogP contribution is -1.98. The van der Waals surface area contributed by atoms with E-state index < -0.39 is 11.6 Å². The molecular weight excluding hydrogens is 364 g/mol. The molecule has 4 rings (SSSR count). The van der Waals surface area contributed by atoms with E-state index in [9.17, 15) is 8.78 Å². The van der Waals surface area contributed by atoms with E-state index in [1.165, 1.54) is 0 Å². The maximum absolute atomic E-state index is 13.7. The number of halogens is 2. The van der Waals surface area contributed by atoms with Gasteiger partial charge in [-0.15, -0.1) is 0 Å². The van der Waals surface area contributed by atoms with E-state index >= 15 is 0 Å². The average Bonchev–Trinajstić information content (AvgIpc) is 3.15. The van der Waals surface area contributed by atoms with Crippen LogP contribution in [0.25, 0.3) is 11.3 Å². The third-order valence-electron chi connectivity index (χ3n) is 4.06. The highest BCUT2D eigenvalue weighted by molar-refractivity contribution is 5.69. The van der Waals surface area contributed by atoms with Crippen molar-refractivity contribution in [2.24, 2.45) is 0 Å². The second-order valence-corrected chi connectivity index (χ2v) is 6.10. The van der Waals surface area contributed by atoms with Crippen LogP contribution >= 0.6 is 0 Å². The van der Waals surface area contributed by atoms with Crippen molar-refractivity contribution in [2.45, 2.75) is 6.42 Å². The number of benzene rings is 1. The molecule has 0 atom stereocenters. The largest absolute Gasteiger partial charge is 0.383 e. The molecule has 0 aliphatic rings.